The summed E-state index contributed by atoms with van der Waals surface area (Å²) in [6.07, 6.45) is 7.16. The molecule has 1 N–H and O–H groups in total. The Kier molecular flexibility index (Phi) is 3.82. The third-order valence-electron chi connectivity index (χ3n) is 3.29. The van der Waals surface area contributed by atoms with Gasteiger partial charge in [0.2, 0.25) is 5.89 Å². The Hall–Kier alpha value is -0.610. The molecule has 3 rings (SSSR count). The maximum absolute atomic E-state index is 5.22. The quantitative estimate of drug-likeness (QED) is 0.880. The van der Waals surface area contributed by atoms with Crippen molar-refractivity contribution in [2.75, 3.05) is 6.54 Å². The van der Waals surface area contributed by atoms with Gasteiger partial charge in [0.25, 0.3) is 0 Å². The Labute approximate surface area is 102 Å². The molecule has 4 nitrogen and oxygen atoms in total. The third-order valence-corrected chi connectivity index (χ3v) is 3.29. The van der Waals surface area contributed by atoms with E-state index in [1.807, 2.05) is 0 Å². The summed E-state index contributed by atoms with van der Waals surface area (Å²) in [4.78, 5) is 4.43. The van der Waals surface area contributed by atoms with Gasteiger partial charge in [-0.1, -0.05) is 5.16 Å². The van der Waals surface area contributed by atoms with Crippen molar-refractivity contribution in [1.82, 2.24) is 15.5 Å². The first-order valence-electron chi connectivity index (χ1n) is 5.97. The topological polar surface area (TPSA) is 51.0 Å². The van der Waals surface area contributed by atoms with Crippen molar-refractivity contribution in [1.29, 1.82) is 0 Å². The molecule has 1 aliphatic heterocycles. The second kappa shape index (κ2) is 5.15. The standard InChI is InChI=1S/C11H17N3O.ClH/c1-2-9(12-7-1)5-6-10-13-11(15-14-10)8-3-4-8;/h8-9,12H,1-7H2;1H. The first kappa shape index (κ1) is 11.9. The van der Waals surface area contributed by atoms with Crippen molar-refractivity contribution in [3.8, 4) is 0 Å². The zero-order valence-electron chi connectivity index (χ0n) is 9.32. The van der Waals surface area contributed by atoms with E-state index in [9.17, 15) is 0 Å². The first-order valence-corrected chi connectivity index (χ1v) is 5.97. The van der Waals surface area contributed by atoms with Gasteiger partial charge in [-0.25, -0.2) is 0 Å². The summed E-state index contributed by atoms with van der Waals surface area (Å²) in [5.74, 6) is 2.34. The molecule has 90 valence electrons. The molecule has 0 amide bonds. The smallest absolute Gasteiger partial charge is 0.229 e. The van der Waals surface area contributed by atoms with Crippen LogP contribution in [0.1, 0.15) is 49.7 Å². The molecule has 1 aromatic heterocycles. The molecule has 1 aromatic rings. The largest absolute Gasteiger partial charge is 0.339 e. The highest BCUT2D eigenvalue weighted by molar-refractivity contribution is 5.85. The molecule has 2 fully saturated rings. The molecular weight excluding hydrogens is 226 g/mol. The summed E-state index contributed by atoms with van der Waals surface area (Å²) in [6, 6.07) is 0.674. The van der Waals surface area contributed by atoms with E-state index >= 15 is 0 Å². The third kappa shape index (κ3) is 2.74. The van der Waals surface area contributed by atoms with Crippen LogP contribution in [0.15, 0.2) is 4.52 Å². The highest BCUT2D eigenvalue weighted by Gasteiger charge is 2.29. The van der Waals surface area contributed by atoms with Gasteiger partial charge in [-0.05, 0) is 38.6 Å². The number of aryl methyl sites for hydroxylation is 1. The van der Waals surface area contributed by atoms with Crippen LogP contribution in [-0.4, -0.2) is 22.7 Å². The Morgan fingerprint density at radius 2 is 2.19 bits per heavy atom. The molecule has 1 aliphatic carbocycles. The van der Waals surface area contributed by atoms with Crippen LogP contribution in [0.5, 0.6) is 0 Å². The van der Waals surface area contributed by atoms with Crippen LogP contribution in [0.4, 0.5) is 0 Å². The molecule has 1 atom stereocenters. The van der Waals surface area contributed by atoms with E-state index in [-0.39, 0.29) is 12.4 Å². The van der Waals surface area contributed by atoms with Gasteiger partial charge >= 0.3 is 0 Å². The summed E-state index contributed by atoms with van der Waals surface area (Å²) < 4.78 is 5.22. The van der Waals surface area contributed by atoms with Gasteiger partial charge in [0.05, 0.1) is 0 Å². The number of nitrogens with zero attached hydrogens (tertiary/aromatic N) is 2. The number of nitrogens with one attached hydrogen (secondary N) is 1. The fourth-order valence-electron chi connectivity index (χ4n) is 2.17. The van der Waals surface area contributed by atoms with E-state index in [4.69, 9.17) is 4.52 Å². The predicted octanol–water partition coefficient (Wildman–Crippen LogP) is 2.05. The molecule has 0 spiro atoms. The highest BCUT2D eigenvalue weighted by Crippen LogP contribution is 2.38. The average Bonchev–Trinajstić information content (AvgIpc) is 2.82. The molecule has 2 heterocycles. The highest BCUT2D eigenvalue weighted by atomic mass is 35.5. The Morgan fingerprint density at radius 1 is 1.31 bits per heavy atom. The molecular formula is C11H18ClN3O. The lowest BCUT2D eigenvalue weighted by molar-refractivity contribution is 0.372. The van der Waals surface area contributed by atoms with Crippen LogP contribution in [0.2, 0.25) is 0 Å². The van der Waals surface area contributed by atoms with Crippen molar-refractivity contribution >= 4 is 12.4 Å². The summed E-state index contributed by atoms with van der Waals surface area (Å²) in [5.41, 5.74) is 0. The van der Waals surface area contributed by atoms with Crippen LogP contribution in [0, 0.1) is 0 Å². The van der Waals surface area contributed by atoms with E-state index in [0.29, 0.717) is 12.0 Å². The first-order chi connectivity index (χ1) is 7.42. The van der Waals surface area contributed by atoms with Crippen molar-refractivity contribution < 1.29 is 4.52 Å². The minimum atomic E-state index is 0. The van der Waals surface area contributed by atoms with E-state index in [1.54, 1.807) is 0 Å². The van der Waals surface area contributed by atoms with Gasteiger partial charge in [0.15, 0.2) is 5.82 Å². The average molecular weight is 244 g/mol. The van der Waals surface area contributed by atoms with Crippen LogP contribution >= 0.6 is 12.4 Å². The fraction of sp³-hybridized carbons (Fsp3) is 0.818. The molecule has 0 radical (unpaired) electrons. The Bertz CT molecular complexity index is 332. The van der Waals surface area contributed by atoms with Crippen molar-refractivity contribution in [2.45, 2.75) is 50.5 Å². The maximum Gasteiger partial charge on any atom is 0.229 e. The lowest BCUT2D eigenvalue weighted by atomic mass is 10.1. The molecule has 16 heavy (non-hydrogen) atoms. The van der Waals surface area contributed by atoms with Gasteiger partial charge in [-0.3, -0.25) is 0 Å². The second-order valence-corrected chi connectivity index (χ2v) is 4.66. The number of rotatable bonds is 4. The zero-order valence-corrected chi connectivity index (χ0v) is 10.1. The Morgan fingerprint density at radius 3 is 2.88 bits per heavy atom. The molecule has 0 aromatic carbocycles. The van der Waals surface area contributed by atoms with Gasteiger partial charge < -0.3 is 9.84 Å². The van der Waals surface area contributed by atoms with E-state index in [2.05, 4.69) is 15.5 Å². The number of aromatic nitrogens is 2. The van der Waals surface area contributed by atoms with Crippen LogP contribution in [-0.2, 0) is 6.42 Å². The minimum absolute atomic E-state index is 0. The second-order valence-electron chi connectivity index (χ2n) is 4.66. The summed E-state index contributed by atoms with van der Waals surface area (Å²) in [7, 11) is 0. The van der Waals surface area contributed by atoms with Gasteiger partial charge in [0.1, 0.15) is 0 Å². The summed E-state index contributed by atoms with van der Waals surface area (Å²) >= 11 is 0. The minimum Gasteiger partial charge on any atom is -0.339 e. The molecule has 5 heteroatoms. The van der Waals surface area contributed by atoms with Crippen LogP contribution in [0.25, 0.3) is 0 Å². The number of halogens is 1. The van der Waals surface area contributed by atoms with Gasteiger partial charge in [0, 0.05) is 18.4 Å². The summed E-state index contributed by atoms with van der Waals surface area (Å²) in [6.45, 7) is 1.17. The Balaban J connectivity index is 0.000000963. The monoisotopic (exact) mass is 243 g/mol. The van der Waals surface area contributed by atoms with Crippen molar-refractivity contribution in [3.05, 3.63) is 11.7 Å². The molecule has 0 bridgehead atoms. The lowest BCUT2D eigenvalue weighted by Gasteiger charge is -2.06. The molecule has 1 saturated heterocycles. The zero-order chi connectivity index (χ0) is 10.1. The summed E-state index contributed by atoms with van der Waals surface area (Å²) in [5, 5.41) is 7.51. The van der Waals surface area contributed by atoms with E-state index < -0.39 is 0 Å². The van der Waals surface area contributed by atoms with E-state index in [0.717, 1.165) is 24.6 Å². The van der Waals surface area contributed by atoms with Gasteiger partial charge in [-0.15, -0.1) is 12.4 Å². The van der Waals surface area contributed by atoms with Crippen LogP contribution < -0.4 is 5.32 Å². The molecule has 2 aliphatic rings. The van der Waals surface area contributed by atoms with Crippen molar-refractivity contribution in [3.63, 3.8) is 0 Å². The fourth-order valence-corrected chi connectivity index (χ4v) is 2.17. The normalized spacial score (nSPS) is 24.4. The van der Waals surface area contributed by atoms with Gasteiger partial charge in [-0.2, -0.15) is 4.98 Å². The SMILES string of the molecule is C1CNC(CCc2noc(C3CC3)n2)C1.Cl. The predicted molar refractivity (Wildman–Crippen MR) is 62.9 cm³/mol. The maximum atomic E-state index is 5.22. The lowest BCUT2D eigenvalue weighted by Crippen LogP contribution is -2.21. The molecule has 1 unspecified atom stereocenters. The molecule has 1 saturated carbocycles. The van der Waals surface area contributed by atoms with E-state index in [1.165, 1.54) is 32.2 Å². The van der Waals surface area contributed by atoms with Crippen LogP contribution in [0.3, 0.4) is 0 Å². The number of hydrogen-bond donors (Lipinski definition) is 1. The van der Waals surface area contributed by atoms with Crippen molar-refractivity contribution in [2.24, 2.45) is 0 Å². The number of hydrogen-bond acceptors (Lipinski definition) is 4.